The maximum Gasteiger partial charge on any atom is 0.0906 e. The van der Waals surface area contributed by atoms with E-state index in [2.05, 4.69) is 11.8 Å². The lowest BCUT2D eigenvalue weighted by molar-refractivity contribution is 0.136. The van der Waals surface area contributed by atoms with Gasteiger partial charge < -0.3 is 5.11 Å². The number of nitrogens with zero attached hydrogens (tertiary/aromatic N) is 1. The summed E-state index contributed by atoms with van der Waals surface area (Å²) in [5.41, 5.74) is 0. The second kappa shape index (κ2) is 4.77. The molecule has 1 rings (SSSR count). The van der Waals surface area contributed by atoms with Gasteiger partial charge in [0.2, 0.25) is 0 Å². The summed E-state index contributed by atoms with van der Waals surface area (Å²) in [4.78, 5) is 2.20. The van der Waals surface area contributed by atoms with Crippen LogP contribution in [-0.2, 0) is 0 Å². The molecule has 2 unspecified atom stereocenters. The van der Waals surface area contributed by atoms with Gasteiger partial charge in [-0.25, -0.2) is 0 Å². The monoisotopic (exact) mass is 175 g/mol. The lowest BCUT2D eigenvalue weighted by Gasteiger charge is -2.24. The Hall–Kier alpha value is -0.150. The van der Waals surface area contributed by atoms with Crippen molar-refractivity contribution in [2.75, 3.05) is 26.4 Å². The van der Waals surface area contributed by atoms with Crippen LogP contribution in [0.2, 0.25) is 0 Å². The van der Waals surface area contributed by atoms with E-state index in [1.807, 2.05) is 0 Å². The molecule has 72 valence electrons. The zero-order chi connectivity index (χ0) is 8.97. The molecule has 1 heterocycles. The van der Waals surface area contributed by atoms with Crippen LogP contribution in [0.3, 0.4) is 0 Å². The van der Waals surface area contributed by atoms with Crippen LogP contribution in [0.4, 0.5) is 4.39 Å². The molecule has 1 aliphatic rings. The van der Waals surface area contributed by atoms with Crippen LogP contribution in [0.1, 0.15) is 19.8 Å². The molecule has 1 aliphatic heterocycles. The number of aliphatic hydroxyl groups is 1. The topological polar surface area (TPSA) is 23.5 Å². The molecule has 1 N–H and O–H groups in total. The smallest absolute Gasteiger partial charge is 0.0906 e. The maximum atomic E-state index is 11.9. The van der Waals surface area contributed by atoms with Crippen molar-refractivity contribution in [1.82, 2.24) is 4.90 Å². The number of hydrogen-bond donors (Lipinski definition) is 1. The number of hydrogen-bond acceptors (Lipinski definition) is 2. The third-order valence-corrected chi connectivity index (χ3v) is 2.76. The number of halogens is 1. The maximum absolute atomic E-state index is 11.9. The number of aliphatic hydroxyl groups excluding tert-OH is 1. The predicted molar refractivity (Wildman–Crippen MR) is 46.8 cm³/mol. The zero-order valence-electron chi connectivity index (χ0n) is 7.67. The molecule has 0 aliphatic carbocycles. The van der Waals surface area contributed by atoms with Crippen LogP contribution >= 0.6 is 0 Å². The molecule has 0 spiro atoms. The minimum Gasteiger partial charge on any atom is -0.395 e. The summed E-state index contributed by atoms with van der Waals surface area (Å²) in [6.07, 6.45) is 1.74. The fraction of sp³-hybridized carbons (Fsp3) is 1.00. The van der Waals surface area contributed by atoms with Gasteiger partial charge in [0.15, 0.2) is 0 Å². The zero-order valence-corrected chi connectivity index (χ0v) is 7.67. The van der Waals surface area contributed by atoms with Crippen molar-refractivity contribution >= 4 is 0 Å². The van der Waals surface area contributed by atoms with Gasteiger partial charge in [-0.05, 0) is 25.3 Å². The van der Waals surface area contributed by atoms with Gasteiger partial charge in [-0.1, -0.05) is 6.92 Å². The fourth-order valence-corrected chi connectivity index (χ4v) is 1.92. The van der Waals surface area contributed by atoms with Crippen LogP contribution in [0.25, 0.3) is 0 Å². The summed E-state index contributed by atoms with van der Waals surface area (Å²) in [6.45, 7) is 3.94. The Morgan fingerprint density at radius 2 is 2.33 bits per heavy atom. The van der Waals surface area contributed by atoms with Gasteiger partial charge in [0.05, 0.1) is 13.3 Å². The van der Waals surface area contributed by atoms with Crippen molar-refractivity contribution < 1.29 is 9.50 Å². The molecule has 2 atom stereocenters. The average Bonchev–Trinajstić information content (AvgIpc) is 2.43. The highest BCUT2D eigenvalue weighted by molar-refractivity contribution is 4.83. The van der Waals surface area contributed by atoms with Crippen LogP contribution in [0.15, 0.2) is 0 Å². The standard InChI is InChI=1S/C9H18FNO/c1-8-3-6-11(5-2-4-10)9(8)7-12/h8-9,12H,2-7H2,1H3. The molecule has 0 aromatic carbocycles. The Morgan fingerprint density at radius 1 is 1.58 bits per heavy atom. The highest BCUT2D eigenvalue weighted by Crippen LogP contribution is 2.23. The van der Waals surface area contributed by atoms with Crippen molar-refractivity contribution in [1.29, 1.82) is 0 Å². The van der Waals surface area contributed by atoms with Crippen molar-refractivity contribution in [3.63, 3.8) is 0 Å². The summed E-state index contributed by atoms with van der Waals surface area (Å²) >= 11 is 0. The van der Waals surface area contributed by atoms with Gasteiger partial charge in [0, 0.05) is 12.6 Å². The van der Waals surface area contributed by atoms with Crippen molar-refractivity contribution in [2.45, 2.75) is 25.8 Å². The second-order valence-electron chi connectivity index (χ2n) is 3.59. The molecule has 2 nitrogen and oxygen atoms in total. The molecule has 0 amide bonds. The molecule has 3 heteroatoms. The predicted octanol–water partition coefficient (Wildman–Crippen LogP) is 1.05. The molecule has 0 saturated carbocycles. The van der Waals surface area contributed by atoms with Gasteiger partial charge in [0.25, 0.3) is 0 Å². The summed E-state index contributed by atoms with van der Waals surface area (Å²) in [7, 11) is 0. The van der Waals surface area contributed by atoms with E-state index in [-0.39, 0.29) is 19.3 Å². The van der Waals surface area contributed by atoms with E-state index in [4.69, 9.17) is 5.11 Å². The van der Waals surface area contributed by atoms with Crippen LogP contribution in [0, 0.1) is 5.92 Å². The summed E-state index contributed by atoms with van der Waals surface area (Å²) in [6, 6.07) is 0.275. The van der Waals surface area contributed by atoms with Crippen LogP contribution in [0.5, 0.6) is 0 Å². The number of alkyl halides is 1. The minimum atomic E-state index is -0.247. The van der Waals surface area contributed by atoms with Crippen molar-refractivity contribution in [3.8, 4) is 0 Å². The molecule has 0 bridgehead atoms. The SMILES string of the molecule is CC1CCN(CCCF)C1CO. The molecular formula is C9H18FNO. The van der Waals surface area contributed by atoms with E-state index in [0.717, 1.165) is 19.5 Å². The molecule has 1 saturated heterocycles. The summed E-state index contributed by atoms with van der Waals surface area (Å²) in [5.74, 6) is 0.564. The summed E-state index contributed by atoms with van der Waals surface area (Å²) in [5, 5.41) is 9.07. The van der Waals surface area contributed by atoms with Crippen molar-refractivity contribution in [2.24, 2.45) is 5.92 Å². The van der Waals surface area contributed by atoms with E-state index in [1.165, 1.54) is 0 Å². The van der Waals surface area contributed by atoms with Gasteiger partial charge in [0.1, 0.15) is 0 Å². The first-order chi connectivity index (χ1) is 5.79. The van der Waals surface area contributed by atoms with E-state index in [1.54, 1.807) is 0 Å². The molecular weight excluding hydrogens is 157 g/mol. The lowest BCUT2D eigenvalue weighted by Crippen LogP contribution is -2.35. The van der Waals surface area contributed by atoms with Crippen LogP contribution < -0.4 is 0 Å². The third-order valence-electron chi connectivity index (χ3n) is 2.76. The van der Waals surface area contributed by atoms with E-state index < -0.39 is 0 Å². The Morgan fingerprint density at radius 3 is 2.92 bits per heavy atom. The Balaban J connectivity index is 2.32. The Bertz CT molecular complexity index is 132. The van der Waals surface area contributed by atoms with Crippen LogP contribution in [-0.4, -0.2) is 42.4 Å². The average molecular weight is 175 g/mol. The Kier molecular flexibility index (Phi) is 3.95. The fourth-order valence-electron chi connectivity index (χ4n) is 1.92. The first-order valence-corrected chi connectivity index (χ1v) is 4.70. The normalized spacial score (nSPS) is 31.2. The van der Waals surface area contributed by atoms with E-state index in [0.29, 0.717) is 12.3 Å². The van der Waals surface area contributed by atoms with Crippen molar-refractivity contribution in [3.05, 3.63) is 0 Å². The number of likely N-dealkylation sites (tertiary alicyclic amines) is 1. The molecule has 12 heavy (non-hydrogen) atoms. The summed E-state index contributed by atoms with van der Waals surface area (Å²) < 4.78 is 11.9. The van der Waals surface area contributed by atoms with Gasteiger partial charge in [-0.3, -0.25) is 9.29 Å². The molecule has 1 fully saturated rings. The Labute approximate surface area is 73.4 Å². The van der Waals surface area contributed by atoms with E-state index >= 15 is 0 Å². The molecule has 0 aromatic heterocycles. The molecule has 0 radical (unpaired) electrons. The minimum absolute atomic E-state index is 0.216. The van der Waals surface area contributed by atoms with Gasteiger partial charge in [-0.2, -0.15) is 0 Å². The second-order valence-corrected chi connectivity index (χ2v) is 3.59. The lowest BCUT2D eigenvalue weighted by atomic mass is 10.0. The van der Waals surface area contributed by atoms with E-state index in [9.17, 15) is 4.39 Å². The highest BCUT2D eigenvalue weighted by atomic mass is 19.1. The first kappa shape index (κ1) is 9.93. The highest BCUT2D eigenvalue weighted by Gasteiger charge is 2.29. The largest absolute Gasteiger partial charge is 0.395 e. The first-order valence-electron chi connectivity index (χ1n) is 4.70. The van der Waals surface area contributed by atoms with Gasteiger partial charge in [-0.15, -0.1) is 0 Å². The number of rotatable bonds is 4. The van der Waals surface area contributed by atoms with Gasteiger partial charge >= 0.3 is 0 Å². The third kappa shape index (κ3) is 2.17. The molecule has 0 aromatic rings. The quantitative estimate of drug-likeness (QED) is 0.690.